The first-order valence-corrected chi connectivity index (χ1v) is 9.42. The van der Waals surface area contributed by atoms with Gasteiger partial charge in [-0.15, -0.1) is 0 Å². The number of carboxylic acid groups (broad SMARTS) is 1. The van der Waals surface area contributed by atoms with Crippen molar-refractivity contribution >= 4 is 35.3 Å². The van der Waals surface area contributed by atoms with Crippen LogP contribution < -0.4 is 10.6 Å². The van der Waals surface area contributed by atoms with E-state index in [1.54, 1.807) is 29.2 Å². The predicted molar refractivity (Wildman–Crippen MR) is 109 cm³/mol. The van der Waals surface area contributed by atoms with Crippen molar-refractivity contribution in [2.24, 2.45) is 0 Å². The van der Waals surface area contributed by atoms with Crippen molar-refractivity contribution in [1.29, 1.82) is 0 Å². The van der Waals surface area contributed by atoms with Crippen molar-refractivity contribution in [2.75, 3.05) is 25.0 Å². The maximum atomic E-state index is 12.1. The normalized spacial score (nSPS) is 13.9. The van der Waals surface area contributed by atoms with Crippen molar-refractivity contribution in [2.45, 2.75) is 13.1 Å². The Hall–Kier alpha value is -3.26. The minimum absolute atomic E-state index is 0.122. The fourth-order valence-corrected chi connectivity index (χ4v) is 3.04. The van der Waals surface area contributed by atoms with E-state index < -0.39 is 6.09 Å². The molecule has 152 valence electrons. The molecule has 1 saturated heterocycles. The Kier molecular flexibility index (Phi) is 6.56. The van der Waals surface area contributed by atoms with Gasteiger partial charge in [0.1, 0.15) is 6.54 Å². The molecule has 1 heterocycles. The summed E-state index contributed by atoms with van der Waals surface area (Å²) in [6, 6.07) is 14.1. The van der Waals surface area contributed by atoms with Gasteiger partial charge in [-0.1, -0.05) is 35.9 Å². The monoisotopic (exact) mass is 416 g/mol. The molecule has 3 N–H and O–H groups in total. The fraction of sp³-hybridized carbons (Fsp3) is 0.250. The number of urea groups is 1. The molecule has 2 aromatic carbocycles. The van der Waals surface area contributed by atoms with Crippen molar-refractivity contribution in [3.05, 3.63) is 64.7 Å². The average molecular weight is 417 g/mol. The number of carbonyl (C=O) groups is 3. The minimum atomic E-state index is -1.08. The molecule has 1 aliphatic heterocycles. The molecule has 1 aliphatic rings. The second-order valence-electron chi connectivity index (χ2n) is 6.65. The standard InChI is InChI=1S/C20H21ClN4O4/c21-16-5-1-14(2-6-16)11-22-19(27)23-17-7-3-15(4-8-17)12-24-9-10-25(20(28)29)13-18(24)26/h1-8H,9-13H2,(H,28,29)(H2,22,23,27). The molecule has 0 radical (unpaired) electrons. The molecule has 0 aromatic heterocycles. The molecule has 0 unspecified atom stereocenters. The lowest BCUT2D eigenvalue weighted by atomic mass is 10.1. The van der Waals surface area contributed by atoms with Gasteiger partial charge in [-0.2, -0.15) is 0 Å². The first-order chi connectivity index (χ1) is 13.9. The van der Waals surface area contributed by atoms with Gasteiger partial charge in [0, 0.05) is 36.9 Å². The molecule has 2 aromatic rings. The molecule has 0 saturated carbocycles. The third-order valence-corrected chi connectivity index (χ3v) is 4.79. The van der Waals surface area contributed by atoms with Gasteiger partial charge < -0.3 is 20.6 Å². The van der Waals surface area contributed by atoms with Crippen molar-refractivity contribution < 1.29 is 19.5 Å². The van der Waals surface area contributed by atoms with Crippen LogP contribution in [-0.2, 0) is 17.9 Å². The summed E-state index contributed by atoms with van der Waals surface area (Å²) in [5.74, 6) is -0.220. The van der Waals surface area contributed by atoms with Crippen LogP contribution in [0.5, 0.6) is 0 Å². The molecule has 9 heteroatoms. The van der Waals surface area contributed by atoms with Crippen LogP contribution in [-0.4, -0.2) is 52.6 Å². The van der Waals surface area contributed by atoms with Gasteiger partial charge in [-0.05, 0) is 35.4 Å². The van der Waals surface area contributed by atoms with E-state index in [9.17, 15) is 14.4 Å². The molecule has 1 fully saturated rings. The zero-order chi connectivity index (χ0) is 20.8. The Morgan fingerprint density at radius 2 is 1.66 bits per heavy atom. The van der Waals surface area contributed by atoms with Crippen LogP contribution in [0.3, 0.4) is 0 Å². The van der Waals surface area contributed by atoms with Gasteiger partial charge in [0.05, 0.1) is 0 Å². The summed E-state index contributed by atoms with van der Waals surface area (Å²) in [6.07, 6.45) is -1.08. The highest BCUT2D eigenvalue weighted by Crippen LogP contribution is 2.14. The number of piperazine rings is 1. The van der Waals surface area contributed by atoms with Crippen molar-refractivity contribution in [3.8, 4) is 0 Å². The highest BCUT2D eigenvalue weighted by atomic mass is 35.5. The first-order valence-electron chi connectivity index (χ1n) is 9.04. The van der Waals surface area contributed by atoms with E-state index in [1.807, 2.05) is 24.3 Å². The van der Waals surface area contributed by atoms with Gasteiger partial charge in [0.15, 0.2) is 0 Å². The number of benzene rings is 2. The summed E-state index contributed by atoms with van der Waals surface area (Å²) in [4.78, 5) is 37.8. The topological polar surface area (TPSA) is 102 Å². The van der Waals surface area contributed by atoms with Crippen LogP contribution in [0.2, 0.25) is 5.02 Å². The number of rotatable bonds is 5. The molecule has 0 atom stereocenters. The molecule has 8 nitrogen and oxygen atoms in total. The number of amides is 4. The Bertz CT molecular complexity index is 886. The van der Waals surface area contributed by atoms with E-state index in [2.05, 4.69) is 10.6 Å². The van der Waals surface area contributed by atoms with Crippen LogP contribution in [0, 0.1) is 0 Å². The second-order valence-corrected chi connectivity index (χ2v) is 7.09. The predicted octanol–water partition coefficient (Wildman–Crippen LogP) is 2.98. The molecule has 3 rings (SSSR count). The van der Waals surface area contributed by atoms with E-state index in [0.717, 1.165) is 16.0 Å². The van der Waals surface area contributed by atoms with Gasteiger partial charge in [-0.3, -0.25) is 9.69 Å². The van der Waals surface area contributed by atoms with E-state index >= 15 is 0 Å². The third kappa shape index (κ3) is 5.86. The van der Waals surface area contributed by atoms with Crippen LogP contribution >= 0.6 is 11.6 Å². The van der Waals surface area contributed by atoms with Gasteiger partial charge >= 0.3 is 12.1 Å². The Balaban J connectivity index is 1.47. The Morgan fingerprint density at radius 3 is 2.28 bits per heavy atom. The summed E-state index contributed by atoms with van der Waals surface area (Å²) >= 11 is 5.84. The number of halogens is 1. The van der Waals surface area contributed by atoms with Crippen molar-refractivity contribution in [3.63, 3.8) is 0 Å². The summed E-state index contributed by atoms with van der Waals surface area (Å²) < 4.78 is 0. The average Bonchev–Trinajstić information content (AvgIpc) is 2.70. The SMILES string of the molecule is O=C(NCc1ccc(Cl)cc1)Nc1ccc(CN2CCN(C(=O)O)CC2=O)cc1. The van der Waals surface area contributed by atoms with E-state index in [1.165, 1.54) is 0 Å². The third-order valence-electron chi connectivity index (χ3n) is 4.54. The highest BCUT2D eigenvalue weighted by molar-refractivity contribution is 6.30. The van der Waals surface area contributed by atoms with Crippen LogP contribution in [0.15, 0.2) is 48.5 Å². The number of nitrogens with zero attached hydrogens (tertiary/aromatic N) is 2. The summed E-state index contributed by atoms with van der Waals surface area (Å²) in [5.41, 5.74) is 2.46. The maximum Gasteiger partial charge on any atom is 0.407 e. The first kappa shape index (κ1) is 20.5. The number of hydrogen-bond acceptors (Lipinski definition) is 3. The number of nitrogens with one attached hydrogen (secondary N) is 2. The molecule has 0 aliphatic carbocycles. The molecular weight excluding hydrogens is 396 g/mol. The molecule has 29 heavy (non-hydrogen) atoms. The lowest BCUT2D eigenvalue weighted by Crippen LogP contribution is -2.51. The highest BCUT2D eigenvalue weighted by Gasteiger charge is 2.26. The summed E-state index contributed by atoms with van der Waals surface area (Å²) in [6.45, 7) is 1.32. The van der Waals surface area contributed by atoms with Gasteiger partial charge in [0.2, 0.25) is 5.91 Å². The largest absolute Gasteiger partial charge is 0.465 e. The Labute approximate surface area is 173 Å². The molecule has 4 amide bonds. The molecular formula is C20H21ClN4O4. The van der Waals surface area contributed by atoms with Crippen molar-refractivity contribution in [1.82, 2.24) is 15.1 Å². The lowest BCUT2D eigenvalue weighted by molar-refractivity contribution is -0.135. The Morgan fingerprint density at radius 1 is 1.00 bits per heavy atom. The summed E-state index contributed by atoms with van der Waals surface area (Å²) in [7, 11) is 0. The van der Waals surface area contributed by atoms with Crippen LogP contribution in [0.1, 0.15) is 11.1 Å². The van der Waals surface area contributed by atoms with E-state index in [0.29, 0.717) is 36.9 Å². The number of anilines is 1. The fourth-order valence-electron chi connectivity index (χ4n) is 2.91. The summed E-state index contributed by atoms with van der Waals surface area (Å²) in [5, 5.41) is 15.1. The lowest BCUT2D eigenvalue weighted by Gasteiger charge is -2.32. The zero-order valence-corrected chi connectivity index (χ0v) is 16.4. The second kappa shape index (κ2) is 9.29. The van der Waals surface area contributed by atoms with Crippen LogP contribution in [0.4, 0.5) is 15.3 Å². The minimum Gasteiger partial charge on any atom is -0.465 e. The molecule has 0 spiro atoms. The maximum absolute atomic E-state index is 12.1. The van der Waals surface area contributed by atoms with E-state index in [-0.39, 0.29) is 18.5 Å². The number of hydrogen-bond donors (Lipinski definition) is 3. The van der Waals surface area contributed by atoms with Crippen LogP contribution in [0.25, 0.3) is 0 Å². The quantitative estimate of drug-likeness (QED) is 0.697. The van der Waals surface area contributed by atoms with E-state index in [4.69, 9.17) is 16.7 Å². The van der Waals surface area contributed by atoms with Gasteiger partial charge in [-0.25, -0.2) is 9.59 Å². The van der Waals surface area contributed by atoms with Gasteiger partial charge in [0.25, 0.3) is 0 Å². The zero-order valence-electron chi connectivity index (χ0n) is 15.6. The smallest absolute Gasteiger partial charge is 0.407 e. The molecule has 0 bridgehead atoms. The number of carbonyl (C=O) groups excluding carboxylic acids is 2.